The third kappa shape index (κ3) is 7.28. The summed E-state index contributed by atoms with van der Waals surface area (Å²) in [6.45, 7) is 12.0. The summed E-state index contributed by atoms with van der Waals surface area (Å²) in [6.07, 6.45) is 22.9. The third-order valence-corrected chi connectivity index (χ3v) is 10.1. The molecule has 0 N–H and O–H groups in total. The number of allylic oxidation sites excluding steroid dienone is 4. The normalized spacial score (nSPS) is 14.6. The molecule has 0 heterocycles. The molecule has 1 radical (unpaired) electrons. The number of hydrogen-bond donors (Lipinski definition) is 0. The van der Waals surface area contributed by atoms with Crippen LogP contribution < -0.4 is 5.19 Å². The van der Waals surface area contributed by atoms with Crippen molar-refractivity contribution in [2.24, 2.45) is 0 Å². The molecule has 0 bridgehead atoms. The molecule has 0 aromatic heterocycles. The maximum atomic E-state index is 2.58. The molecule has 0 nitrogen and oxygen atoms in total. The lowest BCUT2D eigenvalue weighted by Crippen LogP contribution is -2.47. The number of benzene rings is 1. The lowest BCUT2D eigenvalue weighted by atomic mass is 10.0. The Kier molecular flexibility index (Phi) is 10.5. The van der Waals surface area contributed by atoms with Gasteiger partial charge >= 0.3 is 0 Å². The zero-order valence-corrected chi connectivity index (χ0v) is 20.9. The first-order chi connectivity index (χ1) is 14.0. The minimum absolute atomic E-state index is 1.22. The average molecular weight is 410 g/mol. The monoisotopic (exact) mass is 409 g/mol. The van der Waals surface area contributed by atoms with Gasteiger partial charge in [0.25, 0.3) is 0 Å². The van der Waals surface area contributed by atoms with Crippen molar-refractivity contribution in [3.8, 4) is 0 Å². The molecule has 2 rings (SSSR count). The van der Waals surface area contributed by atoms with Crippen LogP contribution in [0.5, 0.6) is 0 Å². The van der Waals surface area contributed by atoms with Crippen molar-refractivity contribution in [1.82, 2.24) is 0 Å². The molecule has 1 heteroatoms. The molecular weight excluding hydrogens is 364 g/mol. The summed E-state index contributed by atoms with van der Waals surface area (Å²) >= 11 is 0. The zero-order chi connectivity index (χ0) is 21.1. The Morgan fingerprint density at radius 3 is 1.76 bits per heavy atom. The molecule has 29 heavy (non-hydrogen) atoms. The summed E-state index contributed by atoms with van der Waals surface area (Å²) in [4.78, 5) is 0. The maximum Gasteiger partial charge on any atom is 0.0962 e. The molecule has 1 aliphatic rings. The number of hydrogen-bond acceptors (Lipinski definition) is 0. The first-order valence-electron chi connectivity index (χ1n) is 12.4. The lowest BCUT2D eigenvalue weighted by molar-refractivity contribution is 0.661. The van der Waals surface area contributed by atoms with E-state index in [9.17, 15) is 0 Å². The number of rotatable bonds is 14. The minimum atomic E-state index is -1.66. The molecule has 0 saturated carbocycles. The molecule has 0 fully saturated rings. The first-order valence-corrected chi connectivity index (χ1v) is 15.4. The van der Waals surface area contributed by atoms with Crippen LogP contribution in [0, 0.1) is 5.54 Å². The summed E-state index contributed by atoms with van der Waals surface area (Å²) in [5.74, 6) is 0. The van der Waals surface area contributed by atoms with E-state index < -0.39 is 8.07 Å². The van der Waals surface area contributed by atoms with E-state index in [0.717, 1.165) is 0 Å². The highest BCUT2D eigenvalue weighted by atomic mass is 28.3. The van der Waals surface area contributed by atoms with Crippen molar-refractivity contribution >= 4 is 13.3 Å². The molecule has 1 aromatic rings. The van der Waals surface area contributed by atoms with Gasteiger partial charge in [-0.2, -0.15) is 0 Å². The van der Waals surface area contributed by atoms with Crippen molar-refractivity contribution in [1.29, 1.82) is 0 Å². The summed E-state index contributed by atoms with van der Waals surface area (Å²) in [6, 6.07) is 7.69. The van der Waals surface area contributed by atoms with Crippen LogP contribution in [0.1, 0.15) is 96.1 Å². The molecule has 0 aliphatic heterocycles. The predicted octanol–water partition coefficient (Wildman–Crippen LogP) is 8.26. The minimum Gasteiger partial charge on any atom is -0.0757 e. The van der Waals surface area contributed by atoms with E-state index in [2.05, 4.69) is 70.3 Å². The quantitative estimate of drug-likeness (QED) is 0.214. The Balaban J connectivity index is 2.22. The van der Waals surface area contributed by atoms with Crippen molar-refractivity contribution in [2.75, 3.05) is 0 Å². The van der Waals surface area contributed by atoms with Crippen molar-refractivity contribution in [3.63, 3.8) is 0 Å². The van der Waals surface area contributed by atoms with Gasteiger partial charge in [-0.05, 0) is 43.2 Å². The highest BCUT2D eigenvalue weighted by Gasteiger charge is 2.36. The fourth-order valence-corrected chi connectivity index (χ4v) is 7.56. The summed E-state index contributed by atoms with van der Waals surface area (Å²) in [7, 11) is -1.66. The molecule has 0 unspecified atom stereocenters. The van der Waals surface area contributed by atoms with Crippen LogP contribution in [0.25, 0.3) is 0 Å². The number of unbranched alkanes of at least 4 members (excludes halogenated alkanes) is 6. The van der Waals surface area contributed by atoms with Crippen molar-refractivity contribution in [3.05, 3.63) is 58.7 Å². The van der Waals surface area contributed by atoms with Gasteiger partial charge in [0, 0.05) is 5.54 Å². The molecule has 0 atom stereocenters. The molecule has 0 saturated heterocycles. The third-order valence-electron chi connectivity index (χ3n) is 6.51. The van der Waals surface area contributed by atoms with Crippen LogP contribution in [0.2, 0.25) is 13.1 Å². The van der Waals surface area contributed by atoms with Gasteiger partial charge in [-0.3, -0.25) is 0 Å². The second-order valence-corrected chi connectivity index (χ2v) is 13.9. The molecule has 161 valence electrons. The molecular formula is C28H45Si. The van der Waals surface area contributed by atoms with Crippen molar-refractivity contribution < 1.29 is 0 Å². The summed E-state index contributed by atoms with van der Waals surface area (Å²) in [5, 5.41) is 1.65. The van der Waals surface area contributed by atoms with E-state index in [1.54, 1.807) is 27.4 Å². The fraction of sp³-hybridized carbons (Fsp3) is 0.607. The standard InChI is InChI=1S/C28H45Si/c1-6-9-11-13-17-24-21-25(18-14-12-10-7-2)23-27(22-24)29(4,5)28-20-15-19-26(28)16-8-3/h15,19-23H,6-14,16-18H2,1-5H3. The highest BCUT2D eigenvalue weighted by Crippen LogP contribution is 2.34. The second-order valence-electron chi connectivity index (χ2n) is 9.50. The van der Waals surface area contributed by atoms with Crippen LogP contribution >= 0.6 is 0 Å². The molecule has 0 amide bonds. The van der Waals surface area contributed by atoms with Gasteiger partial charge in [-0.25, -0.2) is 0 Å². The topological polar surface area (TPSA) is 0 Å². The van der Waals surface area contributed by atoms with Gasteiger partial charge in [-0.15, -0.1) is 0 Å². The van der Waals surface area contributed by atoms with Gasteiger partial charge in [0.15, 0.2) is 0 Å². The molecule has 1 aliphatic carbocycles. The smallest absolute Gasteiger partial charge is 0.0757 e. The maximum absolute atomic E-state index is 2.58. The van der Waals surface area contributed by atoms with E-state index in [-0.39, 0.29) is 0 Å². The van der Waals surface area contributed by atoms with Crippen molar-refractivity contribution in [2.45, 2.75) is 111 Å². The molecule has 0 spiro atoms. The van der Waals surface area contributed by atoms with Gasteiger partial charge in [-0.1, -0.05) is 126 Å². The second kappa shape index (κ2) is 12.6. The summed E-state index contributed by atoms with van der Waals surface area (Å²) < 4.78 is 0. The van der Waals surface area contributed by atoms with Gasteiger partial charge < -0.3 is 0 Å². The average Bonchev–Trinajstić information content (AvgIpc) is 3.18. The Morgan fingerprint density at radius 1 is 0.655 bits per heavy atom. The Hall–Kier alpha value is -1.08. The SMILES string of the molecule is CCCCCCc1cc(CCCCCC)cc([Si](C)(C)[C]2C=CC=C2CCC)c1. The Labute approximate surface area is 182 Å². The lowest BCUT2D eigenvalue weighted by Gasteiger charge is -2.32. The van der Waals surface area contributed by atoms with Gasteiger partial charge in [0.05, 0.1) is 8.07 Å². The van der Waals surface area contributed by atoms with Crippen LogP contribution in [0.3, 0.4) is 0 Å². The Morgan fingerprint density at radius 2 is 1.24 bits per heavy atom. The number of aryl methyl sites for hydroxylation is 2. The van der Waals surface area contributed by atoms with E-state index in [0.29, 0.717) is 0 Å². The molecule has 1 aromatic carbocycles. The van der Waals surface area contributed by atoms with E-state index in [4.69, 9.17) is 0 Å². The Bertz CT molecular complexity index is 635. The zero-order valence-electron chi connectivity index (χ0n) is 19.9. The van der Waals surface area contributed by atoms with E-state index in [1.165, 1.54) is 77.0 Å². The van der Waals surface area contributed by atoms with Gasteiger partial charge in [0.2, 0.25) is 0 Å². The van der Waals surface area contributed by atoms with Crippen LogP contribution in [-0.2, 0) is 12.8 Å². The van der Waals surface area contributed by atoms with Gasteiger partial charge in [0.1, 0.15) is 0 Å². The van der Waals surface area contributed by atoms with Crippen LogP contribution in [-0.4, -0.2) is 8.07 Å². The predicted molar refractivity (Wildman–Crippen MR) is 135 cm³/mol. The van der Waals surface area contributed by atoms with Crippen LogP contribution in [0.4, 0.5) is 0 Å². The van der Waals surface area contributed by atoms with Crippen LogP contribution in [0.15, 0.2) is 42.0 Å². The largest absolute Gasteiger partial charge is 0.0962 e. The van der Waals surface area contributed by atoms with E-state index in [1.807, 2.05) is 0 Å². The highest BCUT2D eigenvalue weighted by molar-refractivity contribution is 6.95. The fourth-order valence-electron chi connectivity index (χ4n) is 4.63. The van der Waals surface area contributed by atoms with E-state index >= 15 is 0 Å². The summed E-state index contributed by atoms with van der Waals surface area (Å²) in [5.41, 5.74) is 6.45. The first kappa shape index (κ1) is 24.2.